The first-order chi connectivity index (χ1) is 6.80. The number of ether oxygens (including phenoxy) is 4. The van der Waals surface area contributed by atoms with Crippen LogP contribution >= 0.6 is 0 Å². The van der Waals surface area contributed by atoms with Crippen LogP contribution < -0.4 is 5.73 Å². The third kappa shape index (κ3) is 1.66. The molecule has 0 radical (unpaired) electrons. The van der Waals surface area contributed by atoms with Crippen LogP contribution in [0.2, 0.25) is 0 Å². The lowest BCUT2D eigenvalue weighted by atomic mass is 10.1. The van der Waals surface area contributed by atoms with Crippen molar-refractivity contribution in [3.05, 3.63) is 0 Å². The highest BCUT2D eigenvalue weighted by Gasteiger charge is 2.49. The molecule has 2 heterocycles. The molecule has 0 amide bonds. The predicted octanol–water partition coefficient (Wildman–Crippen LogP) is -0.508. The molecule has 0 aromatic rings. The largest absolute Gasteiger partial charge is 0.378 e. The van der Waals surface area contributed by atoms with Crippen molar-refractivity contribution < 1.29 is 18.9 Å². The minimum Gasteiger partial charge on any atom is -0.378 e. The SMILES string of the molecule is COC1COCCC12OCC(CN)O2. The van der Waals surface area contributed by atoms with E-state index in [1.54, 1.807) is 7.11 Å². The fraction of sp³-hybridized carbons (Fsp3) is 1.00. The van der Waals surface area contributed by atoms with E-state index in [4.69, 9.17) is 24.7 Å². The first-order valence-corrected chi connectivity index (χ1v) is 4.93. The van der Waals surface area contributed by atoms with Gasteiger partial charge in [-0.25, -0.2) is 0 Å². The van der Waals surface area contributed by atoms with Gasteiger partial charge in [-0.3, -0.25) is 0 Å². The molecule has 0 aromatic heterocycles. The topological polar surface area (TPSA) is 62.9 Å². The Morgan fingerprint density at radius 2 is 2.36 bits per heavy atom. The lowest BCUT2D eigenvalue weighted by Crippen LogP contribution is -2.52. The van der Waals surface area contributed by atoms with Crippen LogP contribution in [-0.2, 0) is 18.9 Å². The molecule has 82 valence electrons. The fourth-order valence-corrected chi connectivity index (χ4v) is 1.94. The Bertz CT molecular complexity index is 201. The standard InChI is InChI=1S/C9H17NO4/c1-11-8-6-12-3-2-9(8)13-5-7(4-10)14-9/h7-8H,2-6,10H2,1H3. The molecule has 14 heavy (non-hydrogen) atoms. The van der Waals surface area contributed by atoms with Crippen molar-refractivity contribution >= 4 is 0 Å². The van der Waals surface area contributed by atoms with Gasteiger partial charge >= 0.3 is 0 Å². The Kier molecular flexibility index (Phi) is 3.04. The Morgan fingerprint density at radius 3 is 3.00 bits per heavy atom. The predicted molar refractivity (Wildman–Crippen MR) is 48.8 cm³/mol. The Hall–Kier alpha value is -0.200. The number of methoxy groups -OCH3 is 1. The number of nitrogens with two attached hydrogens (primary N) is 1. The van der Waals surface area contributed by atoms with Crippen molar-refractivity contribution in [3.8, 4) is 0 Å². The minimum atomic E-state index is -0.614. The van der Waals surface area contributed by atoms with E-state index in [1.807, 2.05) is 0 Å². The van der Waals surface area contributed by atoms with E-state index in [-0.39, 0.29) is 12.2 Å². The molecule has 0 saturated carbocycles. The third-order valence-corrected chi connectivity index (χ3v) is 2.78. The van der Waals surface area contributed by atoms with Gasteiger partial charge < -0.3 is 24.7 Å². The van der Waals surface area contributed by atoms with Gasteiger partial charge in [0.1, 0.15) is 6.10 Å². The van der Waals surface area contributed by atoms with E-state index in [9.17, 15) is 0 Å². The lowest BCUT2D eigenvalue weighted by molar-refractivity contribution is -0.273. The third-order valence-electron chi connectivity index (χ3n) is 2.78. The van der Waals surface area contributed by atoms with Gasteiger partial charge in [-0.2, -0.15) is 0 Å². The van der Waals surface area contributed by atoms with E-state index in [1.165, 1.54) is 0 Å². The maximum Gasteiger partial charge on any atom is 0.199 e. The molecule has 2 saturated heterocycles. The summed E-state index contributed by atoms with van der Waals surface area (Å²) in [5.41, 5.74) is 5.53. The average Bonchev–Trinajstić information content (AvgIpc) is 2.63. The molecule has 2 rings (SSSR count). The highest BCUT2D eigenvalue weighted by atomic mass is 16.8. The summed E-state index contributed by atoms with van der Waals surface area (Å²) in [5.74, 6) is -0.614. The Labute approximate surface area is 83.4 Å². The summed E-state index contributed by atoms with van der Waals surface area (Å²) in [6.07, 6.45) is 0.556. The van der Waals surface area contributed by atoms with E-state index in [0.717, 1.165) is 0 Å². The molecule has 2 aliphatic heterocycles. The molecule has 2 aliphatic rings. The van der Waals surface area contributed by atoms with Crippen LogP contribution in [-0.4, -0.2) is 51.5 Å². The van der Waals surface area contributed by atoms with E-state index < -0.39 is 5.79 Å². The molecule has 5 heteroatoms. The molecule has 1 spiro atoms. The summed E-state index contributed by atoms with van der Waals surface area (Å²) < 4.78 is 22.1. The lowest BCUT2D eigenvalue weighted by Gasteiger charge is -2.38. The fourth-order valence-electron chi connectivity index (χ4n) is 1.94. The monoisotopic (exact) mass is 203 g/mol. The van der Waals surface area contributed by atoms with Crippen LogP contribution in [0.15, 0.2) is 0 Å². The molecule has 5 nitrogen and oxygen atoms in total. The highest BCUT2D eigenvalue weighted by molar-refractivity contribution is 4.89. The van der Waals surface area contributed by atoms with Crippen LogP contribution in [0.3, 0.4) is 0 Å². The average molecular weight is 203 g/mol. The van der Waals surface area contributed by atoms with Crippen molar-refractivity contribution in [2.75, 3.05) is 33.5 Å². The summed E-state index contributed by atoms with van der Waals surface area (Å²) in [4.78, 5) is 0. The van der Waals surface area contributed by atoms with Gasteiger partial charge in [0, 0.05) is 20.1 Å². The normalized spacial score (nSPS) is 43.3. The summed E-state index contributed by atoms with van der Waals surface area (Å²) >= 11 is 0. The second-order valence-electron chi connectivity index (χ2n) is 3.65. The Balaban J connectivity index is 2.05. The van der Waals surface area contributed by atoms with E-state index >= 15 is 0 Å². The van der Waals surface area contributed by atoms with Gasteiger partial charge in [-0.1, -0.05) is 0 Å². The van der Waals surface area contributed by atoms with Crippen molar-refractivity contribution in [2.24, 2.45) is 5.73 Å². The molecule has 0 aliphatic carbocycles. The molecule has 3 unspecified atom stereocenters. The van der Waals surface area contributed by atoms with E-state index in [0.29, 0.717) is 32.8 Å². The summed E-state index contributed by atoms with van der Waals surface area (Å²) in [5, 5.41) is 0. The first-order valence-electron chi connectivity index (χ1n) is 4.93. The van der Waals surface area contributed by atoms with Crippen LogP contribution in [0.5, 0.6) is 0 Å². The number of rotatable bonds is 2. The molecule has 2 N–H and O–H groups in total. The smallest absolute Gasteiger partial charge is 0.199 e. The van der Waals surface area contributed by atoms with Crippen molar-refractivity contribution in [3.63, 3.8) is 0 Å². The van der Waals surface area contributed by atoms with Crippen LogP contribution in [0.4, 0.5) is 0 Å². The van der Waals surface area contributed by atoms with Crippen molar-refractivity contribution in [2.45, 2.75) is 24.4 Å². The van der Waals surface area contributed by atoms with Gasteiger partial charge in [-0.05, 0) is 0 Å². The van der Waals surface area contributed by atoms with Crippen molar-refractivity contribution in [1.82, 2.24) is 0 Å². The Morgan fingerprint density at radius 1 is 1.50 bits per heavy atom. The molecule has 3 atom stereocenters. The summed E-state index contributed by atoms with van der Waals surface area (Å²) in [6, 6.07) is 0. The molecular weight excluding hydrogens is 186 g/mol. The van der Waals surface area contributed by atoms with Crippen LogP contribution in [0, 0.1) is 0 Å². The quantitative estimate of drug-likeness (QED) is 0.655. The summed E-state index contributed by atoms with van der Waals surface area (Å²) in [7, 11) is 1.64. The highest BCUT2D eigenvalue weighted by Crippen LogP contribution is 2.34. The maximum absolute atomic E-state index is 5.79. The second kappa shape index (κ2) is 4.12. The maximum atomic E-state index is 5.79. The van der Waals surface area contributed by atoms with E-state index in [2.05, 4.69) is 0 Å². The minimum absolute atomic E-state index is 0.00856. The zero-order chi connectivity index (χ0) is 10.0. The van der Waals surface area contributed by atoms with Gasteiger partial charge in [0.25, 0.3) is 0 Å². The van der Waals surface area contributed by atoms with Gasteiger partial charge in [0.15, 0.2) is 5.79 Å². The van der Waals surface area contributed by atoms with Gasteiger partial charge in [0.05, 0.1) is 25.9 Å². The second-order valence-corrected chi connectivity index (χ2v) is 3.65. The first kappa shape index (κ1) is 10.3. The molecule has 2 fully saturated rings. The molecule has 0 aromatic carbocycles. The van der Waals surface area contributed by atoms with Gasteiger partial charge in [0.2, 0.25) is 0 Å². The molecular formula is C9H17NO4. The summed E-state index contributed by atoms with van der Waals surface area (Å²) in [6.45, 7) is 2.21. The van der Waals surface area contributed by atoms with Crippen LogP contribution in [0.25, 0.3) is 0 Å². The zero-order valence-electron chi connectivity index (χ0n) is 8.40. The van der Waals surface area contributed by atoms with Crippen LogP contribution in [0.1, 0.15) is 6.42 Å². The number of hydrogen-bond donors (Lipinski definition) is 1. The van der Waals surface area contributed by atoms with Gasteiger partial charge in [-0.15, -0.1) is 0 Å². The molecule has 0 bridgehead atoms. The number of hydrogen-bond acceptors (Lipinski definition) is 5. The zero-order valence-corrected chi connectivity index (χ0v) is 8.40. The van der Waals surface area contributed by atoms with Crippen molar-refractivity contribution in [1.29, 1.82) is 0 Å².